The molecule has 0 spiro atoms. The first kappa shape index (κ1) is 90.0. The SMILES string of the molecule is CC[C@@H]1NC(=O)[C@H]([C@H](O)[C@H](C)CCCCOS(C)(=O)=O)N(C)C(=O)[C@H](C(C)C)N(C)C(=O)[C@H](CC(C)C)N(C)C(=O)[C@H](CC(C)C)N(C)C(=O)[C@@H](C)NC(=O)[C@H](C)NC(=O)[C@H](CC(C)C)N(C)C(=O)[C@H](C(C)C)NC(=O)[C@H]([C@@H](C)OCCCCN2CCOCC2)N(C)C(=O)[C@@H](C)N(C)C1=O. The summed E-state index contributed by atoms with van der Waals surface area (Å²) in [6.45, 7) is 30.7. The Kier molecular flexibility index (Phi) is 37.7. The lowest BCUT2D eigenvalue weighted by molar-refractivity contribution is -0.157. The first-order valence-corrected chi connectivity index (χ1v) is 37.7. The first-order valence-electron chi connectivity index (χ1n) is 35.9. The van der Waals surface area contributed by atoms with Gasteiger partial charge < -0.3 is 70.1 Å². The third-order valence-electron chi connectivity index (χ3n) is 19.2. The number of nitrogens with zero attached hydrogens (tertiary/aromatic N) is 8. The first-order chi connectivity index (χ1) is 46.4. The number of ether oxygens (including phenoxy) is 2. The lowest BCUT2D eigenvalue weighted by Crippen LogP contribution is -2.64. The van der Waals surface area contributed by atoms with Crippen LogP contribution in [0.15, 0.2) is 0 Å². The monoisotopic (exact) mass is 1440 g/mol. The molecule has 5 N–H and O–H groups in total. The fraction of sp³-hybridized carbons (Fsp3) is 0.843. The summed E-state index contributed by atoms with van der Waals surface area (Å²) in [5.74, 6) is -10.7. The zero-order chi connectivity index (χ0) is 76.7. The summed E-state index contributed by atoms with van der Waals surface area (Å²) in [4.78, 5) is 174. The quantitative estimate of drug-likeness (QED) is 0.0684. The van der Waals surface area contributed by atoms with Gasteiger partial charge in [0.15, 0.2) is 0 Å². The van der Waals surface area contributed by atoms with Gasteiger partial charge in [0.2, 0.25) is 65.0 Å². The van der Waals surface area contributed by atoms with Gasteiger partial charge in [0.25, 0.3) is 10.1 Å². The number of morpholine rings is 1. The third kappa shape index (κ3) is 26.6. The molecule has 2 rings (SSSR count). The topological polar surface area (TPSA) is 344 Å². The molecule has 2 fully saturated rings. The zero-order valence-corrected chi connectivity index (χ0v) is 65.6. The number of aliphatic hydroxyl groups is 1. The Morgan fingerprint density at radius 3 is 1.47 bits per heavy atom. The minimum atomic E-state index is -3.75. The van der Waals surface area contributed by atoms with Crippen molar-refractivity contribution in [3.8, 4) is 0 Å². The number of hydrogen-bond donors (Lipinski definition) is 5. The Hall–Kier alpha value is -6.08. The molecule has 0 aromatic carbocycles. The average molecular weight is 1440 g/mol. The van der Waals surface area contributed by atoms with Gasteiger partial charge in [0, 0.05) is 69.0 Å². The van der Waals surface area contributed by atoms with E-state index in [0.717, 1.165) is 47.0 Å². The van der Waals surface area contributed by atoms with Gasteiger partial charge in [0.1, 0.15) is 66.5 Å². The molecule has 576 valence electrons. The normalized spacial score (nSPS) is 26.9. The standard InChI is InChI=1S/C70H128N12O17S/c1-25-51-66(90)75(17)49(15)65(89)80(22)57(50(16)98-34-29-27-31-82-32-36-97-37-33-82)62(86)74-55(44(8)9)69(93)76(18)52(38-41(2)3)61(85)71-47(13)60(84)72-48(14)64(88)77(19)53(39-42(4)5)67(91)78(20)54(40-43(6)7)68(92)79(21)56(45(10)11)70(94)81(23)58(63(87)73-51)59(83)46(12)30-26-28-35-99-100(24,95)96/h41-59,83H,25-40H2,1-24H3,(H,71,85)(H,72,84)(H,73,87)(H,74,86)/t46-,47+,48-,49-,50-,51+,52+,53+,54+,55+,56+,57+,58+,59-/m1/s1. The lowest BCUT2D eigenvalue weighted by Gasteiger charge is -2.41. The number of amides is 11. The Balaban J connectivity index is 3.03. The van der Waals surface area contributed by atoms with Gasteiger partial charge in [-0.15, -0.1) is 0 Å². The van der Waals surface area contributed by atoms with Gasteiger partial charge >= 0.3 is 0 Å². The third-order valence-corrected chi connectivity index (χ3v) is 19.8. The molecule has 0 saturated carbocycles. The Morgan fingerprint density at radius 2 is 0.960 bits per heavy atom. The molecule has 0 unspecified atom stereocenters. The van der Waals surface area contributed by atoms with E-state index in [1.54, 1.807) is 48.5 Å². The highest BCUT2D eigenvalue weighted by molar-refractivity contribution is 7.86. The van der Waals surface area contributed by atoms with Crippen molar-refractivity contribution in [1.82, 2.24) is 60.5 Å². The summed E-state index contributed by atoms with van der Waals surface area (Å²) >= 11 is 0. The van der Waals surface area contributed by atoms with E-state index >= 15 is 28.8 Å². The predicted molar refractivity (Wildman–Crippen MR) is 381 cm³/mol. The van der Waals surface area contributed by atoms with Crippen LogP contribution in [-0.4, -0.2) is 298 Å². The van der Waals surface area contributed by atoms with Crippen LogP contribution in [-0.2, 0) is 76.5 Å². The summed E-state index contributed by atoms with van der Waals surface area (Å²) in [5.41, 5.74) is 0. The van der Waals surface area contributed by atoms with E-state index in [-0.39, 0.29) is 69.5 Å². The lowest BCUT2D eigenvalue weighted by atomic mass is 9.90. The number of rotatable bonds is 24. The van der Waals surface area contributed by atoms with Crippen LogP contribution in [0.3, 0.4) is 0 Å². The molecule has 0 aliphatic carbocycles. The van der Waals surface area contributed by atoms with Gasteiger partial charge in [-0.2, -0.15) is 8.42 Å². The number of nitrogens with one attached hydrogen (secondary N) is 4. The molecular formula is C70H128N12O17S. The second-order valence-corrected chi connectivity index (χ2v) is 31.4. The minimum absolute atomic E-state index is 0.0629. The van der Waals surface area contributed by atoms with Crippen molar-refractivity contribution in [2.75, 3.05) is 102 Å². The van der Waals surface area contributed by atoms with E-state index in [1.165, 1.54) is 89.7 Å². The predicted octanol–water partition coefficient (Wildman–Crippen LogP) is 2.31. The van der Waals surface area contributed by atoms with Gasteiger partial charge in [-0.1, -0.05) is 89.5 Å². The fourth-order valence-electron chi connectivity index (χ4n) is 12.8. The number of aliphatic hydroxyl groups excluding tert-OH is 1. The molecule has 2 aliphatic rings. The summed E-state index contributed by atoms with van der Waals surface area (Å²) in [5, 5.41) is 23.4. The van der Waals surface area contributed by atoms with Crippen molar-refractivity contribution in [2.24, 2.45) is 35.5 Å². The van der Waals surface area contributed by atoms with Crippen LogP contribution in [0, 0.1) is 35.5 Å². The number of carbonyl (C=O) groups is 11. The molecule has 2 aliphatic heterocycles. The van der Waals surface area contributed by atoms with Crippen molar-refractivity contribution >= 4 is 75.1 Å². The molecule has 0 aromatic rings. The molecule has 2 heterocycles. The minimum Gasteiger partial charge on any atom is -0.390 e. The summed E-state index contributed by atoms with van der Waals surface area (Å²) < 4.78 is 40.3. The number of likely N-dealkylation sites (N-methyl/N-ethyl adjacent to an activating group) is 7. The Morgan fingerprint density at radius 1 is 0.490 bits per heavy atom. The van der Waals surface area contributed by atoms with Gasteiger partial charge in [0.05, 0.1) is 38.3 Å². The smallest absolute Gasteiger partial charge is 0.264 e. The molecule has 29 nitrogen and oxygen atoms in total. The highest BCUT2D eigenvalue weighted by Gasteiger charge is 2.47. The number of hydrogen-bond acceptors (Lipinski definition) is 18. The molecule has 0 aromatic heterocycles. The van der Waals surface area contributed by atoms with Crippen molar-refractivity contribution in [3.05, 3.63) is 0 Å². The van der Waals surface area contributed by atoms with E-state index in [2.05, 4.69) is 26.2 Å². The highest BCUT2D eigenvalue weighted by Crippen LogP contribution is 2.27. The maximum atomic E-state index is 15.4. The van der Waals surface area contributed by atoms with Crippen LogP contribution >= 0.6 is 0 Å². The second kappa shape index (κ2) is 41.9. The number of unbranched alkanes of at least 4 members (excludes halogenated alkanes) is 2. The second-order valence-electron chi connectivity index (χ2n) is 29.7. The van der Waals surface area contributed by atoms with E-state index in [1.807, 2.05) is 41.5 Å². The molecule has 0 bridgehead atoms. The molecule has 14 atom stereocenters. The summed E-state index contributed by atoms with van der Waals surface area (Å²) in [7, 11) is 5.95. The zero-order valence-electron chi connectivity index (χ0n) is 64.7. The van der Waals surface area contributed by atoms with Crippen LogP contribution in [0.25, 0.3) is 0 Å². The van der Waals surface area contributed by atoms with Crippen molar-refractivity contribution in [2.45, 2.75) is 247 Å². The largest absolute Gasteiger partial charge is 0.390 e. The summed E-state index contributed by atoms with van der Waals surface area (Å²) in [6, 6.07) is -14.7. The van der Waals surface area contributed by atoms with Gasteiger partial charge in [-0.05, 0) is 121 Å². The van der Waals surface area contributed by atoms with Crippen molar-refractivity contribution < 1.29 is 79.9 Å². The van der Waals surface area contributed by atoms with Crippen LogP contribution in [0.2, 0.25) is 0 Å². The van der Waals surface area contributed by atoms with Crippen molar-refractivity contribution in [1.29, 1.82) is 0 Å². The van der Waals surface area contributed by atoms with E-state index in [9.17, 15) is 37.5 Å². The Bertz CT molecular complexity index is 2820. The van der Waals surface area contributed by atoms with E-state index in [4.69, 9.17) is 13.7 Å². The van der Waals surface area contributed by atoms with Gasteiger partial charge in [-0.25, -0.2) is 0 Å². The fourth-order valence-corrected chi connectivity index (χ4v) is 13.2. The van der Waals surface area contributed by atoms with Crippen LogP contribution in [0.1, 0.15) is 169 Å². The Labute approximate surface area is 597 Å². The van der Waals surface area contributed by atoms with Crippen LogP contribution in [0.4, 0.5) is 0 Å². The van der Waals surface area contributed by atoms with Gasteiger partial charge in [-0.3, -0.25) is 61.8 Å². The molecule has 100 heavy (non-hydrogen) atoms. The van der Waals surface area contributed by atoms with E-state index < -0.39 is 172 Å². The molecular weight excluding hydrogens is 1310 g/mol. The molecule has 0 radical (unpaired) electrons. The van der Waals surface area contributed by atoms with E-state index in [0.29, 0.717) is 26.1 Å². The highest BCUT2D eigenvalue weighted by atomic mass is 32.2. The number of carbonyl (C=O) groups excluding carboxylic acids is 11. The van der Waals surface area contributed by atoms with Crippen molar-refractivity contribution in [3.63, 3.8) is 0 Å². The molecule has 2 saturated heterocycles. The maximum Gasteiger partial charge on any atom is 0.264 e. The van der Waals surface area contributed by atoms with Crippen LogP contribution < -0.4 is 21.3 Å². The van der Waals surface area contributed by atoms with Crippen LogP contribution in [0.5, 0.6) is 0 Å². The molecule has 11 amide bonds. The summed E-state index contributed by atoms with van der Waals surface area (Å²) in [6.07, 6.45) is 0.659. The maximum absolute atomic E-state index is 15.4. The average Bonchev–Trinajstić information content (AvgIpc) is 0.804. The molecule has 30 heteroatoms.